The van der Waals surface area contributed by atoms with Gasteiger partial charge < -0.3 is 0 Å². The van der Waals surface area contributed by atoms with E-state index in [4.69, 9.17) is 0 Å². The molecule has 0 bridgehead atoms. The molecule has 7 heteroatoms. The van der Waals surface area contributed by atoms with Gasteiger partial charge in [-0.25, -0.2) is 8.42 Å². The van der Waals surface area contributed by atoms with Gasteiger partial charge in [0, 0.05) is 48.8 Å². The molecule has 1 aliphatic rings. The van der Waals surface area contributed by atoms with Crippen molar-refractivity contribution in [3.05, 3.63) is 70.3 Å². The molecule has 3 aromatic rings. The van der Waals surface area contributed by atoms with Gasteiger partial charge in [-0.05, 0) is 36.2 Å². The maximum Gasteiger partial charge on any atom is 0.245 e. The van der Waals surface area contributed by atoms with Crippen molar-refractivity contribution in [3.63, 3.8) is 0 Å². The van der Waals surface area contributed by atoms with Crippen molar-refractivity contribution in [3.8, 4) is 0 Å². The SMILES string of the molecule is Cc1cnc2c(S(=O)(=O)N3CCN(Cc4ccccc4Br)CC3)cccc2c1. The lowest BCUT2D eigenvalue weighted by Gasteiger charge is -2.34. The average Bonchev–Trinajstić information content (AvgIpc) is 2.69. The van der Waals surface area contributed by atoms with Gasteiger partial charge in [0.2, 0.25) is 10.0 Å². The number of fused-ring (bicyclic) bond motifs is 1. The summed E-state index contributed by atoms with van der Waals surface area (Å²) in [5.41, 5.74) is 2.78. The molecule has 1 saturated heterocycles. The second-order valence-corrected chi connectivity index (χ2v) is 9.87. The summed E-state index contributed by atoms with van der Waals surface area (Å²) < 4.78 is 29.2. The number of para-hydroxylation sites is 1. The molecular formula is C21H22BrN3O2S. The average molecular weight is 460 g/mol. The molecule has 0 radical (unpaired) electrons. The first kappa shape index (κ1) is 19.5. The summed E-state index contributed by atoms with van der Waals surface area (Å²) in [6, 6.07) is 15.5. The van der Waals surface area contributed by atoms with E-state index < -0.39 is 10.0 Å². The van der Waals surface area contributed by atoms with Gasteiger partial charge in [0.1, 0.15) is 4.90 Å². The molecule has 1 fully saturated rings. The summed E-state index contributed by atoms with van der Waals surface area (Å²) in [6.45, 7) is 5.14. The van der Waals surface area contributed by atoms with Crippen LogP contribution in [0.2, 0.25) is 0 Å². The van der Waals surface area contributed by atoms with Gasteiger partial charge in [-0.1, -0.05) is 46.3 Å². The minimum Gasteiger partial charge on any atom is -0.296 e. The van der Waals surface area contributed by atoms with E-state index >= 15 is 0 Å². The largest absolute Gasteiger partial charge is 0.296 e. The number of nitrogens with zero attached hydrogens (tertiary/aromatic N) is 3. The van der Waals surface area contributed by atoms with Crippen molar-refractivity contribution in [2.45, 2.75) is 18.4 Å². The molecule has 146 valence electrons. The predicted molar refractivity (Wildman–Crippen MR) is 115 cm³/mol. The lowest BCUT2D eigenvalue weighted by atomic mass is 10.2. The van der Waals surface area contributed by atoms with Gasteiger partial charge >= 0.3 is 0 Å². The number of rotatable bonds is 4. The van der Waals surface area contributed by atoms with Crippen LogP contribution in [0, 0.1) is 6.92 Å². The highest BCUT2D eigenvalue weighted by Gasteiger charge is 2.30. The second-order valence-electron chi connectivity index (χ2n) is 7.11. The summed E-state index contributed by atoms with van der Waals surface area (Å²) in [5.74, 6) is 0. The van der Waals surface area contributed by atoms with E-state index in [2.05, 4.69) is 31.9 Å². The van der Waals surface area contributed by atoms with E-state index in [0.29, 0.717) is 36.6 Å². The second kappa shape index (κ2) is 7.91. The van der Waals surface area contributed by atoms with Crippen LogP contribution in [0.5, 0.6) is 0 Å². The molecule has 1 aliphatic heterocycles. The standard InChI is InChI=1S/C21H22BrN3O2S/c1-16-13-17-6-4-8-20(21(17)23-14-16)28(26,27)25-11-9-24(10-12-25)15-18-5-2-3-7-19(18)22/h2-8,13-14H,9-12,15H2,1H3. The number of sulfonamides is 1. The smallest absolute Gasteiger partial charge is 0.245 e. The molecule has 2 aromatic carbocycles. The van der Waals surface area contributed by atoms with Crippen LogP contribution in [0.15, 0.2) is 64.1 Å². The molecule has 0 unspecified atom stereocenters. The third kappa shape index (κ3) is 3.85. The number of hydrogen-bond acceptors (Lipinski definition) is 4. The zero-order valence-corrected chi connectivity index (χ0v) is 18.1. The molecule has 28 heavy (non-hydrogen) atoms. The number of piperazine rings is 1. The Kier molecular flexibility index (Phi) is 5.51. The molecule has 5 nitrogen and oxygen atoms in total. The maximum atomic E-state index is 13.3. The van der Waals surface area contributed by atoms with Crippen LogP contribution in [0.4, 0.5) is 0 Å². The topological polar surface area (TPSA) is 53.5 Å². The van der Waals surface area contributed by atoms with Gasteiger partial charge in [-0.15, -0.1) is 0 Å². The van der Waals surface area contributed by atoms with Gasteiger partial charge in [0.25, 0.3) is 0 Å². The minimum atomic E-state index is -3.57. The van der Waals surface area contributed by atoms with Crippen LogP contribution >= 0.6 is 15.9 Å². The molecule has 2 heterocycles. The Morgan fingerprint density at radius 1 is 1.04 bits per heavy atom. The Bertz CT molecular complexity index is 1110. The van der Waals surface area contributed by atoms with Gasteiger partial charge in [0.05, 0.1) is 5.52 Å². The normalized spacial score (nSPS) is 16.5. The van der Waals surface area contributed by atoms with E-state index in [1.165, 1.54) is 5.56 Å². The van der Waals surface area contributed by atoms with Crippen molar-refractivity contribution in [1.29, 1.82) is 0 Å². The minimum absolute atomic E-state index is 0.296. The highest BCUT2D eigenvalue weighted by Crippen LogP contribution is 2.26. The Morgan fingerprint density at radius 3 is 2.54 bits per heavy atom. The van der Waals surface area contributed by atoms with Gasteiger partial charge in [-0.2, -0.15) is 4.31 Å². The highest BCUT2D eigenvalue weighted by molar-refractivity contribution is 9.10. The lowest BCUT2D eigenvalue weighted by molar-refractivity contribution is 0.181. The summed E-state index contributed by atoms with van der Waals surface area (Å²) in [5, 5.41) is 0.855. The van der Waals surface area contributed by atoms with Crippen LogP contribution in [0.25, 0.3) is 10.9 Å². The van der Waals surface area contributed by atoms with Crippen LogP contribution in [-0.2, 0) is 16.6 Å². The van der Waals surface area contributed by atoms with E-state index in [9.17, 15) is 8.42 Å². The third-order valence-corrected chi connectivity index (χ3v) is 7.82. The maximum absolute atomic E-state index is 13.3. The molecule has 0 aliphatic carbocycles. The Hall–Kier alpha value is -1.80. The van der Waals surface area contributed by atoms with Crippen molar-refractivity contribution in [2.24, 2.45) is 0 Å². The van der Waals surface area contributed by atoms with E-state index in [1.807, 2.05) is 37.3 Å². The molecule has 0 spiro atoms. The lowest BCUT2D eigenvalue weighted by Crippen LogP contribution is -2.48. The first-order valence-electron chi connectivity index (χ1n) is 9.26. The molecule has 0 atom stereocenters. The zero-order valence-electron chi connectivity index (χ0n) is 15.7. The van der Waals surface area contributed by atoms with E-state index in [-0.39, 0.29) is 0 Å². The van der Waals surface area contributed by atoms with Crippen molar-refractivity contribution >= 4 is 36.9 Å². The monoisotopic (exact) mass is 459 g/mol. The van der Waals surface area contributed by atoms with Gasteiger partial charge in [0.15, 0.2) is 0 Å². The Balaban J connectivity index is 1.52. The zero-order chi connectivity index (χ0) is 19.7. The van der Waals surface area contributed by atoms with Gasteiger partial charge in [-0.3, -0.25) is 9.88 Å². The first-order valence-corrected chi connectivity index (χ1v) is 11.5. The number of aryl methyl sites for hydroxylation is 1. The summed E-state index contributed by atoms with van der Waals surface area (Å²) >= 11 is 3.59. The predicted octanol–water partition coefficient (Wildman–Crippen LogP) is 3.81. The first-order chi connectivity index (χ1) is 13.4. The fourth-order valence-corrected chi connectivity index (χ4v) is 5.58. The number of pyridine rings is 1. The Morgan fingerprint density at radius 2 is 1.79 bits per heavy atom. The van der Waals surface area contributed by atoms with Crippen LogP contribution < -0.4 is 0 Å². The Labute approximate surface area is 174 Å². The van der Waals surface area contributed by atoms with Crippen molar-refractivity contribution in [1.82, 2.24) is 14.2 Å². The fraction of sp³-hybridized carbons (Fsp3) is 0.286. The molecule has 0 N–H and O–H groups in total. The number of hydrogen-bond donors (Lipinski definition) is 0. The molecule has 0 amide bonds. The summed E-state index contributed by atoms with van der Waals surface area (Å²) in [6.07, 6.45) is 1.72. The number of halogens is 1. The van der Waals surface area contributed by atoms with Crippen LogP contribution in [-0.4, -0.2) is 48.8 Å². The van der Waals surface area contributed by atoms with Crippen molar-refractivity contribution < 1.29 is 8.42 Å². The third-order valence-electron chi connectivity index (χ3n) is 5.11. The highest BCUT2D eigenvalue weighted by atomic mass is 79.9. The number of aromatic nitrogens is 1. The molecule has 0 saturated carbocycles. The fourth-order valence-electron chi connectivity index (χ4n) is 3.59. The van der Waals surface area contributed by atoms with Crippen LogP contribution in [0.1, 0.15) is 11.1 Å². The summed E-state index contributed by atoms with van der Waals surface area (Å²) in [7, 11) is -3.57. The van der Waals surface area contributed by atoms with E-state index in [0.717, 1.165) is 22.0 Å². The molecular weight excluding hydrogens is 438 g/mol. The van der Waals surface area contributed by atoms with E-state index in [1.54, 1.807) is 22.6 Å². The van der Waals surface area contributed by atoms with Crippen molar-refractivity contribution in [2.75, 3.05) is 26.2 Å². The number of benzene rings is 2. The summed E-state index contributed by atoms with van der Waals surface area (Å²) in [4.78, 5) is 6.98. The molecule has 1 aromatic heterocycles. The quantitative estimate of drug-likeness (QED) is 0.594. The van der Waals surface area contributed by atoms with Crippen LogP contribution in [0.3, 0.4) is 0 Å². The molecule has 4 rings (SSSR count).